The molecule has 0 amide bonds. The summed E-state index contributed by atoms with van der Waals surface area (Å²) in [6.45, 7) is -0.168. The molecule has 1 aromatic carbocycles. The average molecular weight is 618 g/mol. The minimum Gasteiger partial charge on any atom is -0.473 e. The average Bonchev–Trinajstić information content (AvgIpc) is 2.41. The van der Waals surface area contributed by atoms with Gasteiger partial charge in [-0.2, -0.15) is 30.4 Å². The maximum absolute atomic E-state index is 13.5. The summed E-state index contributed by atoms with van der Waals surface area (Å²) in [7, 11) is -5.03. The van der Waals surface area contributed by atoms with Gasteiger partial charge in [-0.05, 0) is 57.3 Å². The maximum Gasteiger partial charge on any atom is 0.432 e. The molecule has 1 atom stereocenters. The lowest BCUT2D eigenvalue weighted by Gasteiger charge is -2.27. The molecule has 6 nitrogen and oxygen atoms in total. The number of rotatable bonds is 7. The molecule has 0 saturated heterocycles. The van der Waals surface area contributed by atoms with Gasteiger partial charge in [0.2, 0.25) is 0 Å². The Morgan fingerprint density at radius 1 is 1.16 bits per heavy atom. The Labute approximate surface area is 166 Å². The molecule has 1 N–H and O–H groups in total. The summed E-state index contributed by atoms with van der Waals surface area (Å²) in [6, 6.07) is 1.87. The van der Waals surface area contributed by atoms with Crippen molar-refractivity contribution in [1.82, 2.24) is 0 Å². The largest absolute Gasteiger partial charge is 0.473 e. The van der Waals surface area contributed by atoms with Crippen molar-refractivity contribution < 1.29 is 49.1 Å². The van der Waals surface area contributed by atoms with Gasteiger partial charge in [-0.25, -0.2) is 0 Å². The van der Waals surface area contributed by atoms with Crippen molar-refractivity contribution >= 4 is 55.3 Å². The summed E-state index contributed by atoms with van der Waals surface area (Å²) >= 11 is 3.31. The molecule has 1 rings (SSSR count). The predicted octanol–water partition coefficient (Wildman–Crippen LogP) is 3.67. The van der Waals surface area contributed by atoms with Crippen LogP contribution in [0.3, 0.4) is 0 Å². The highest BCUT2D eigenvalue weighted by Crippen LogP contribution is 2.40. The fraction of sp³-hybridized carbons (Fsp3) is 0.455. The number of benzene rings is 1. The number of hydrogen-bond donors (Lipinski definition) is 1. The molecule has 1 unspecified atom stereocenters. The van der Waals surface area contributed by atoms with Crippen LogP contribution in [0.1, 0.15) is 0 Å². The molecule has 25 heavy (non-hydrogen) atoms. The van der Waals surface area contributed by atoms with E-state index < -0.39 is 33.4 Å². The molecule has 0 radical (unpaired) electrons. The molecule has 144 valence electrons. The van der Waals surface area contributed by atoms with Crippen LogP contribution in [0.2, 0.25) is 0 Å². The van der Waals surface area contributed by atoms with Gasteiger partial charge in [-0.15, -0.1) is 0 Å². The Morgan fingerprint density at radius 2 is 1.64 bits per heavy atom. The Balaban J connectivity index is 3.28. The van der Waals surface area contributed by atoms with E-state index in [-0.39, 0.29) is 19.7 Å². The van der Waals surface area contributed by atoms with Crippen LogP contribution in [0.4, 0.5) is 22.0 Å². The van der Waals surface area contributed by atoms with Gasteiger partial charge in [-0.1, -0.05) is 0 Å². The van der Waals surface area contributed by atoms with Crippen LogP contribution in [0.5, 0.6) is 11.5 Å². The van der Waals surface area contributed by atoms with Gasteiger partial charge in [0, 0.05) is 7.11 Å². The lowest BCUT2D eigenvalue weighted by Crippen LogP contribution is -2.53. The first kappa shape index (κ1) is 22.8. The summed E-state index contributed by atoms with van der Waals surface area (Å²) < 4.78 is 110. The van der Waals surface area contributed by atoms with Crippen molar-refractivity contribution in [2.45, 2.75) is 17.5 Å². The topological polar surface area (TPSA) is 82.1 Å². The fourth-order valence-electron chi connectivity index (χ4n) is 1.46. The first-order valence-electron chi connectivity index (χ1n) is 5.90. The van der Waals surface area contributed by atoms with Gasteiger partial charge in [0.15, 0.2) is 6.79 Å². The van der Waals surface area contributed by atoms with E-state index in [1.807, 2.05) is 0 Å². The summed E-state index contributed by atoms with van der Waals surface area (Å²) in [6.07, 6.45) is -9.88. The van der Waals surface area contributed by atoms with E-state index in [0.717, 1.165) is 12.1 Å². The quantitative estimate of drug-likeness (QED) is 0.218. The Kier molecular flexibility index (Phi) is 7.51. The van der Waals surface area contributed by atoms with Gasteiger partial charge in [0.1, 0.15) is 11.5 Å². The van der Waals surface area contributed by atoms with Gasteiger partial charge in [-0.3, -0.25) is 4.55 Å². The minimum atomic E-state index is -6.37. The zero-order valence-electron chi connectivity index (χ0n) is 12.0. The number of ether oxygens (including phenoxy) is 3. The Bertz CT molecular complexity index is 701. The summed E-state index contributed by atoms with van der Waals surface area (Å²) in [5.74, 6) is -0.482. The molecule has 0 fully saturated rings. The van der Waals surface area contributed by atoms with Gasteiger partial charge in [0.05, 0.1) is 7.14 Å². The highest BCUT2D eigenvalue weighted by molar-refractivity contribution is 14.1. The van der Waals surface area contributed by atoms with Crippen LogP contribution in [-0.4, -0.2) is 44.4 Å². The Morgan fingerprint density at radius 3 is 2.00 bits per heavy atom. The van der Waals surface area contributed by atoms with E-state index in [4.69, 9.17) is 9.29 Å². The molecule has 0 aliphatic rings. The zero-order valence-corrected chi connectivity index (χ0v) is 17.1. The molecule has 0 aromatic heterocycles. The molecule has 14 heteroatoms. The predicted molar refractivity (Wildman–Crippen MR) is 91.3 cm³/mol. The van der Waals surface area contributed by atoms with E-state index in [9.17, 15) is 30.4 Å². The zero-order chi connectivity index (χ0) is 19.6. The molecule has 0 heterocycles. The Hall–Kier alpha value is -0.200. The van der Waals surface area contributed by atoms with Crippen molar-refractivity contribution in [3.8, 4) is 11.5 Å². The van der Waals surface area contributed by atoms with E-state index in [0.29, 0.717) is 0 Å². The number of hydrogen-bond acceptors (Lipinski definition) is 5. The third-order valence-corrected chi connectivity index (χ3v) is 5.00. The summed E-state index contributed by atoms with van der Waals surface area (Å²) in [5.41, 5.74) is 0. The fourth-order valence-corrected chi connectivity index (χ4v) is 3.93. The number of methoxy groups -OCH3 is 1. The molecule has 0 aliphatic carbocycles. The minimum absolute atomic E-state index is 0.168. The van der Waals surface area contributed by atoms with E-state index in [1.165, 1.54) is 7.11 Å². The maximum atomic E-state index is 13.5. The first-order chi connectivity index (χ1) is 11.2. The second-order valence-corrected chi connectivity index (χ2v) is 8.16. The normalized spacial score (nSPS) is 14.3. The first-order valence-corrected chi connectivity index (χ1v) is 9.50. The SMILES string of the molecule is COCOc1c(I)cc(OC(C(F)(F)F)C(F)(F)S(=O)(=O)O)cc1I. The third-order valence-electron chi connectivity index (χ3n) is 2.49. The van der Waals surface area contributed by atoms with Crippen LogP contribution < -0.4 is 9.47 Å². The van der Waals surface area contributed by atoms with Crippen molar-refractivity contribution in [1.29, 1.82) is 0 Å². The van der Waals surface area contributed by atoms with Crippen LogP contribution in [-0.2, 0) is 14.9 Å². The molecule has 0 saturated carbocycles. The van der Waals surface area contributed by atoms with Crippen LogP contribution in [0.25, 0.3) is 0 Å². The number of alkyl halides is 5. The van der Waals surface area contributed by atoms with Gasteiger partial charge in [0.25, 0.3) is 6.10 Å². The lowest BCUT2D eigenvalue weighted by atomic mass is 10.3. The highest BCUT2D eigenvalue weighted by atomic mass is 127. The molecule has 0 aliphatic heterocycles. The van der Waals surface area contributed by atoms with Crippen molar-refractivity contribution in [2.75, 3.05) is 13.9 Å². The van der Waals surface area contributed by atoms with Crippen LogP contribution in [0, 0.1) is 7.14 Å². The standard InChI is InChI=1S/C11H9F5I2O6S/c1-22-4-23-8-6(17)2-5(3-7(8)18)24-9(10(12,13)14)11(15,16)25(19,20)21/h2-3,9H,4H2,1H3,(H,19,20,21). The van der Waals surface area contributed by atoms with E-state index in [1.54, 1.807) is 45.2 Å². The smallest absolute Gasteiger partial charge is 0.432 e. The monoisotopic (exact) mass is 618 g/mol. The summed E-state index contributed by atoms with van der Waals surface area (Å²) in [4.78, 5) is 0. The van der Waals surface area contributed by atoms with Crippen LogP contribution in [0.15, 0.2) is 12.1 Å². The van der Waals surface area contributed by atoms with Crippen molar-refractivity contribution in [3.05, 3.63) is 19.3 Å². The third kappa shape index (κ3) is 5.64. The van der Waals surface area contributed by atoms with Crippen molar-refractivity contribution in [3.63, 3.8) is 0 Å². The van der Waals surface area contributed by atoms with Crippen LogP contribution >= 0.6 is 45.2 Å². The molecular formula is C11H9F5I2O6S. The van der Waals surface area contributed by atoms with E-state index in [2.05, 4.69) is 9.47 Å². The molecule has 1 aromatic rings. The lowest BCUT2D eigenvalue weighted by molar-refractivity contribution is -0.239. The molecule has 0 bridgehead atoms. The van der Waals surface area contributed by atoms with E-state index >= 15 is 0 Å². The summed E-state index contributed by atoms with van der Waals surface area (Å²) in [5, 5.41) is -5.60. The molecule has 0 spiro atoms. The second kappa shape index (κ2) is 8.22. The molecular weight excluding hydrogens is 609 g/mol. The van der Waals surface area contributed by atoms with Gasteiger partial charge >= 0.3 is 21.5 Å². The number of halogens is 7. The second-order valence-electron chi connectivity index (χ2n) is 4.34. The van der Waals surface area contributed by atoms with Gasteiger partial charge < -0.3 is 14.2 Å². The van der Waals surface area contributed by atoms with Crippen molar-refractivity contribution in [2.24, 2.45) is 0 Å². The highest BCUT2D eigenvalue weighted by Gasteiger charge is 2.65.